The van der Waals surface area contributed by atoms with Crippen molar-refractivity contribution in [2.45, 2.75) is 33.2 Å². The van der Waals surface area contributed by atoms with E-state index in [2.05, 4.69) is 4.98 Å². The van der Waals surface area contributed by atoms with E-state index in [0.29, 0.717) is 28.1 Å². The van der Waals surface area contributed by atoms with Crippen LogP contribution in [-0.2, 0) is 20.7 Å². The van der Waals surface area contributed by atoms with Crippen LogP contribution in [0.2, 0.25) is 0 Å². The van der Waals surface area contributed by atoms with E-state index < -0.39 is 23.7 Å². The molecular weight excluding hydrogens is 480 g/mol. The first-order valence-corrected chi connectivity index (χ1v) is 12.1. The number of anilines is 1. The SMILES string of the molecule is CCc1ccc([C@@H]2C(=C(O)c3ccc(OC)cc3C)C(=O)C(=O)N2c2nc(C)c(C(=O)OC)s2)cc1. The molecule has 0 unspecified atom stereocenters. The smallest absolute Gasteiger partial charge is 0.350 e. The fourth-order valence-electron chi connectivity index (χ4n) is 4.22. The Morgan fingerprint density at radius 1 is 1.11 bits per heavy atom. The van der Waals surface area contributed by atoms with Crippen molar-refractivity contribution in [3.63, 3.8) is 0 Å². The summed E-state index contributed by atoms with van der Waals surface area (Å²) >= 11 is 0.965. The molecule has 0 bridgehead atoms. The van der Waals surface area contributed by atoms with Crippen LogP contribution < -0.4 is 9.64 Å². The van der Waals surface area contributed by atoms with E-state index >= 15 is 0 Å². The molecule has 8 nitrogen and oxygen atoms in total. The minimum atomic E-state index is -0.937. The van der Waals surface area contributed by atoms with Crippen molar-refractivity contribution >= 4 is 39.9 Å². The van der Waals surface area contributed by atoms with Crippen LogP contribution in [0.3, 0.4) is 0 Å². The highest BCUT2D eigenvalue weighted by Crippen LogP contribution is 2.44. The molecule has 1 saturated heterocycles. The summed E-state index contributed by atoms with van der Waals surface area (Å²) in [6.45, 7) is 5.44. The Morgan fingerprint density at radius 2 is 1.81 bits per heavy atom. The molecule has 36 heavy (non-hydrogen) atoms. The number of ether oxygens (including phenoxy) is 2. The van der Waals surface area contributed by atoms with Gasteiger partial charge in [-0.3, -0.25) is 14.5 Å². The van der Waals surface area contributed by atoms with Gasteiger partial charge in [0.25, 0.3) is 5.78 Å². The highest BCUT2D eigenvalue weighted by atomic mass is 32.1. The number of thiazole rings is 1. The second-order valence-electron chi connectivity index (χ2n) is 8.35. The van der Waals surface area contributed by atoms with Gasteiger partial charge in [-0.2, -0.15) is 0 Å². The molecule has 1 atom stereocenters. The van der Waals surface area contributed by atoms with E-state index in [1.165, 1.54) is 12.0 Å². The number of aromatic nitrogens is 1. The third-order valence-corrected chi connectivity index (χ3v) is 7.34. The number of hydrogen-bond acceptors (Lipinski definition) is 8. The van der Waals surface area contributed by atoms with Crippen molar-refractivity contribution in [1.29, 1.82) is 0 Å². The standard InChI is InChI=1S/C27H26N2O6S/c1-6-16-7-9-17(10-8-16)21-20(22(30)19-12-11-18(34-4)13-14(19)2)23(31)25(32)29(21)27-28-15(3)24(36-27)26(33)35-5/h7-13,21,30H,6H2,1-5H3/t21-/m1/s1. The van der Waals surface area contributed by atoms with Gasteiger partial charge in [-0.05, 0) is 55.2 Å². The minimum absolute atomic E-state index is 0.0509. The predicted molar refractivity (Wildman–Crippen MR) is 137 cm³/mol. The van der Waals surface area contributed by atoms with Crippen molar-refractivity contribution in [2.24, 2.45) is 0 Å². The average Bonchev–Trinajstić information content (AvgIpc) is 3.39. The van der Waals surface area contributed by atoms with Crippen LogP contribution in [0, 0.1) is 13.8 Å². The summed E-state index contributed by atoms with van der Waals surface area (Å²) in [6, 6.07) is 11.6. The Kier molecular flexibility index (Phi) is 6.94. The lowest BCUT2D eigenvalue weighted by atomic mass is 9.93. The Hall–Kier alpha value is -3.98. The molecular formula is C27H26N2O6S. The van der Waals surface area contributed by atoms with E-state index in [0.717, 1.165) is 23.3 Å². The molecule has 4 rings (SSSR count). The molecule has 0 spiro atoms. The maximum atomic E-state index is 13.4. The molecule has 9 heteroatoms. The van der Waals surface area contributed by atoms with Crippen LogP contribution in [0.1, 0.15) is 50.6 Å². The zero-order valence-corrected chi connectivity index (χ0v) is 21.4. The summed E-state index contributed by atoms with van der Waals surface area (Å²) in [5.41, 5.74) is 3.14. The molecule has 0 radical (unpaired) electrons. The lowest BCUT2D eigenvalue weighted by Crippen LogP contribution is -2.29. The fraction of sp³-hybridized carbons (Fsp3) is 0.259. The van der Waals surface area contributed by atoms with Gasteiger partial charge in [-0.1, -0.05) is 42.5 Å². The van der Waals surface area contributed by atoms with Crippen LogP contribution in [0.4, 0.5) is 5.13 Å². The highest BCUT2D eigenvalue weighted by molar-refractivity contribution is 7.17. The quantitative estimate of drug-likeness (QED) is 0.223. The Balaban J connectivity index is 1.94. The maximum Gasteiger partial charge on any atom is 0.350 e. The van der Waals surface area contributed by atoms with Crippen molar-refractivity contribution in [1.82, 2.24) is 4.98 Å². The first kappa shape index (κ1) is 25.1. The van der Waals surface area contributed by atoms with Gasteiger partial charge in [0.2, 0.25) is 0 Å². The number of nitrogens with zero attached hydrogens (tertiary/aromatic N) is 2. The summed E-state index contributed by atoms with van der Waals surface area (Å²) in [7, 11) is 2.80. The zero-order chi connectivity index (χ0) is 26.1. The number of aliphatic hydroxyl groups excluding tert-OH is 1. The topological polar surface area (TPSA) is 106 Å². The van der Waals surface area contributed by atoms with Crippen molar-refractivity contribution in [3.8, 4) is 5.75 Å². The van der Waals surface area contributed by atoms with Crippen LogP contribution in [0.25, 0.3) is 5.76 Å². The molecule has 2 aromatic carbocycles. The third-order valence-electron chi connectivity index (χ3n) is 6.20. The molecule has 1 aromatic heterocycles. The van der Waals surface area contributed by atoms with E-state index in [1.54, 1.807) is 39.2 Å². The van der Waals surface area contributed by atoms with Crippen LogP contribution >= 0.6 is 11.3 Å². The number of benzene rings is 2. The molecule has 1 amide bonds. The number of ketones is 1. The fourth-order valence-corrected chi connectivity index (χ4v) is 5.23. The Labute approximate surface area is 212 Å². The van der Waals surface area contributed by atoms with Crippen LogP contribution in [0.5, 0.6) is 5.75 Å². The molecule has 1 aliphatic rings. The largest absolute Gasteiger partial charge is 0.507 e. The first-order valence-electron chi connectivity index (χ1n) is 11.3. The number of hydrogen-bond donors (Lipinski definition) is 1. The summed E-state index contributed by atoms with van der Waals surface area (Å²) < 4.78 is 10.1. The summed E-state index contributed by atoms with van der Waals surface area (Å²) in [6.07, 6.45) is 0.819. The number of methoxy groups -OCH3 is 2. The minimum Gasteiger partial charge on any atom is -0.507 e. The van der Waals surface area contributed by atoms with E-state index in [-0.39, 0.29) is 21.3 Å². The van der Waals surface area contributed by atoms with Crippen LogP contribution in [0.15, 0.2) is 48.0 Å². The van der Waals surface area contributed by atoms with E-state index in [1.807, 2.05) is 31.2 Å². The maximum absolute atomic E-state index is 13.4. The number of carbonyl (C=O) groups is 3. The molecule has 186 valence electrons. The van der Waals surface area contributed by atoms with Gasteiger partial charge in [0.05, 0.1) is 31.5 Å². The second-order valence-corrected chi connectivity index (χ2v) is 9.33. The van der Waals surface area contributed by atoms with Crippen molar-refractivity contribution < 1.29 is 29.0 Å². The number of amides is 1. The normalized spacial score (nSPS) is 16.9. The third kappa shape index (κ3) is 4.26. The Morgan fingerprint density at radius 3 is 2.39 bits per heavy atom. The van der Waals surface area contributed by atoms with Crippen molar-refractivity contribution in [3.05, 3.63) is 80.9 Å². The second kappa shape index (κ2) is 9.94. The molecule has 1 fully saturated rings. The number of aryl methyl sites for hydroxylation is 3. The lowest BCUT2D eigenvalue weighted by Gasteiger charge is -2.23. The number of esters is 1. The molecule has 2 heterocycles. The van der Waals surface area contributed by atoms with Gasteiger partial charge in [0.15, 0.2) is 5.13 Å². The molecule has 1 N–H and O–H groups in total. The number of aliphatic hydroxyl groups is 1. The van der Waals surface area contributed by atoms with Crippen LogP contribution in [-0.4, -0.2) is 42.0 Å². The van der Waals surface area contributed by atoms with Gasteiger partial charge in [-0.15, -0.1) is 0 Å². The number of Topliss-reactive ketones (excluding diaryl/α,β-unsaturated/α-hetero) is 1. The summed E-state index contributed by atoms with van der Waals surface area (Å²) in [4.78, 5) is 44.8. The number of carbonyl (C=O) groups excluding carboxylic acids is 3. The zero-order valence-electron chi connectivity index (χ0n) is 20.6. The highest BCUT2D eigenvalue weighted by Gasteiger charge is 2.48. The number of rotatable bonds is 6. The van der Waals surface area contributed by atoms with Gasteiger partial charge >= 0.3 is 11.9 Å². The molecule has 0 saturated carbocycles. The first-order chi connectivity index (χ1) is 17.2. The molecule has 0 aliphatic carbocycles. The summed E-state index contributed by atoms with van der Waals surface area (Å²) in [5, 5.41) is 11.6. The average molecular weight is 507 g/mol. The molecule has 1 aliphatic heterocycles. The van der Waals surface area contributed by atoms with Gasteiger partial charge in [0.1, 0.15) is 16.4 Å². The van der Waals surface area contributed by atoms with E-state index in [4.69, 9.17) is 9.47 Å². The van der Waals surface area contributed by atoms with Gasteiger partial charge < -0.3 is 14.6 Å². The predicted octanol–water partition coefficient (Wildman–Crippen LogP) is 4.74. The monoisotopic (exact) mass is 506 g/mol. The molecule has 3 aromatic rings. The van der Waals surface area contributed by atoms with Crippen molar-refractivity contribution in [2.75, 3.05) is 19.1 Å². The summed E-state index contributed by atoms with van der Waals surface area (Å²) in [5.74, 6) is -1.94. The van der Waals surface area contributed by atoms with Gasteiger partial charge in [-0.25, -0.2) is 9.78 Å². The van der Waals surface area contributed by atoms with Gasteiger partial charge in [0, 0.05) is 5.56 Å². The lowest BCUT2D eigenvalue weighted by molar-refractivity contribution is -0.132. The van der Waals surface area contributed by atoms with E-state index in [9.17, 15) is 19.5 Å². The Bertz CT molecular complexity index is 1390.